The van der Waals surface area contributed by atoms with E-state index < -0.39 is 5.60 Å². The molecule has 2 saturated heterocycles. The number of hydrogen-bond donors (Lipinski definition) is 2. The molecule has 4 aromatic rings. The third-order valence-electron chi connectivity index (χ3n) is 9.50. The fraction of sp³-hybridized carbons (Fsp3) is 0.514. The van der Waals surface area contributed by atoms with Crippen LogP contribution in [0.25, 0.3) is 27.5 Å². The molecule has 2 N–H and O–H groups in total. The molecule has 4 aromatic heterocycles. The number of nitrogens with one attached hydrogen (secondary N) is 2. The number of carbonyl (C=O) groups is 2. The number of pyridine rings is 1. The van der Waals surface area contributed by atoms with Gasteiger partial charge in [-0.05, 0) is 83.6 Å². The quantitative estimate of drug-likeness (QED) is 0.278. The Morgan fingerprint density at radius 3 is 2.42 bits per heavy atom. The standard InChI is InChI=1S/C35H43N11O3S/c1-21(2)39-27-15-28(29-9-8-25-14-22(16-36)17-38-46(25)29)37-18-26(27)31-41-42-33(50-31)45-19-23-6-7-24(20-45)30(23)40-32(47)43-10-12-44(13-11-43)34(48)49-35(3,4)5/h8-9,14-15,17-18,21,23-24,30H,6-7,10-13,19-20H2,1-5H3,(H,37,39)(H,40,47)/t23-,24+,30?. The zero-order chi connectivity index (χ0) is 35.2. The summed E-state index contributed by atoms with van der Waals surface area (Å²) < 4.78 is 7.29. The van der Waals surface area contributed by atoms with Crippen LogP contribution >= 0.6 is 11.3 Å². The molecule has 50 heavy (non-hydrogen) atoms. The minimum absolute atomic E-state index is 0.0561. The van der Waals surface area contributed by atoms with Gasteiger partial charge in [-0.3, -0.25) is 4.98 Å². The van der Waals surface area contributed by atoms with Crippen LogP contribution in [0.3, 0.4) is 0 Å². The lowest BCUT2D eigenvalue weighted by Crippen LogP contribution is -2.58. The Bertz CT molecular complexity index is 1920. The van der Waals surface area contributed by atoms with E-state index in [1.807, 2.05) is 50.1 Å². The van der Waals surface area contributed by atoms with E-state index in [9.17, 15) is 14.9 Å². The summed E-state index contributed by atoms with van der Waals surface area (Å²) in [4.78, 5) is 36.4. The van der Waals surface area contributed by atoms with Crippen LogP contribution in [0.15, 0.2) is 36.7 Å². The minimum atomic E-state index is -0.545. The fourth-order valence-electron chi connectivity index (χ4n) is 7.17. The molecule has 0 spiro atoms. The van der Waals surface area contributed by atoms with Crippen LogP contribution in [0.2, 0.25) is 0 Å². The molecular weight excluding hydrogens is 655 g/mol. The number of fused-ring (bicyclic) bond motifs is 3. The molecule has 2 bridgehead atoms. The molecule has 3 atom stereocenters. The predicted molar refractivity (Wildman–Crippen MR) is 191 cm³/mol. The number of nitriles is 1. The largest absolute Gasteiger partial charge is 0.444 e. The van der Waals surface area contributed by atoms with Crippen LogP contribution in [0.1, 0.15) is 53.0 Å². The number of hydrogen-bond acceptors (Lipinski definition) is 11. The molecule has 6 heterocycles. The predicted octanol–water partition coefficient (Wildman–Crippen LogP) is 5.08. The summed E-state index contributed by atoms with van der Waals surface area (Å²) in [5.41, 5.74) is 4.16. The zero-order valence-corrected chi connectivity index (χ0v) is 29.9. The summed E-state index contributed by atoms with van der Waals surface area (Å²) >= 11 is 1.56. The van der Waals surface area contributed by atoms with Crippen molar-refractivity contribution in [3.05, 3.63) is 42.2 Å². The van der Waals surface area contributed by atoms with Crippen LogP contribution in [0.5, 0.6) is 0 Å². The molecule has 0 aromatic carbocycles. The Morgan fingerprint density at radius 1 is 1.02 bits per heavy atom. The molecule has 3 aliphatic rings. The van der Waals surface area contributed by atoms with Crippen LogP contribution in [-0.4, -0.2) is 104 Å². The van der Waals surface area contributed by atoms with Crippen molar-refractivity contribution in [1.29, 1.82) is 5.26 Å². The van der Waals surface area contributed by atoms with E-state index in [-0.39, 0.29) is 24.2 Å². The number of nitrogens with zero attached hydrogens (tertiary/aromatic N) is 9. The van der Waals surface area contributed by atoms with Crippen molar-refractivity contribution in [2.75, 3.05) is 49.5 Å². The van der Waals surface area contributed by atoms with Crippen molar-refractivity contribution in [3.8, 4) is 28.0 Å². The molecule has 3 fully saturated rings. The second kappa shape index (κ2) is 13.4. The fourth-order valence-corrected chi connectivity index (χ4v) is 8.06. The SMILES string of the molecule is CC(C)Nc1cc(-c2ccc3cc(C#N)cnn23)ncc1-c1nnc(N2C[C@H]3CC[C@@H](C2)C3NC(=O)N2CCN(C(=O)OC(C)(C)C)CC2)s1. The van der Waals surface area contributed by atoms with Crippen molar-refractivity contribution in [3.63, 3.8) is 0 Å². The maximum atomic E-state index is 13.3. The van der Waals surface area contributed by atoms with E-state index in [0.717, 1.165) is 64.2 Å². The number of rotatable bonds is 6. The summed E-state index contributed by atoms with van der Waals surface area (Å²) in [6.07, 6.45) is 5.18. The number of aromatic nitrogens is 5. The van der Waals surface area contributed by atoms with Gasteiger partial charge in [-0.25, -0.2) is 14.1 Å². The van der Waals surface area contributed by atoms with Gasteiger partial charge in [0.05, 0.1) is 34.2 Å². The number of urea groups is 1. The van der Waals surface area contributed by atoms with Gasteiger partial charge >= 0.3 is 12.1 Å². The smallest absolute Gasteiger partial charge is 0.410 e. The third-order valence-corrected chi connectivity index (χ3v) is 10.5. The number of carbonyl (C=O) groups excluding carboxylic acids is 2. The van der Waals surface area contributed by atoms with Gasteiger partial charge in [-0.2, -0.15) is 10.4 Å². The lowest BCUT2D eigenvalue weighted by molar-refractivity contribution is 0.0168. The first-order valence-electron chi connectivity index (χ1n) is 17.2. The highest BCUT2D eigenvalue weighted by Crippen LogP contribution is 2.41. The molecule has 262 valence electrons. The van der Waals surface area contributed by atoms with Crippen LogP contribution in [0, 0.1) is 23.2 Å². The van der Waals surface area contributed by atoms with Gasteiger partial charge in [0.15, 0.2) is 5.01 Å². The monoisotopic (exact) mass is 697 g/mol. The molecule has 1 aliphatic carbocycles. The molecule has 14 nitrogen and oxygen atoms in total. The van der Waals surface area contributed by atoms with Crippen molar-refractivity contribution >= 4 is 39.8 Å². The molecule has 1 unspecified atom stereocenters. The van der Waals surface area contributed by atoms with Crippen LogP contribution in [0.4, 0.5) is 20.4 Å². The van der Waals surface area contributed by atoms with Gasteiger partial charge in [0, 0.05) is 63.2 Å². The van der Waals surface area contributed by atoms with Gasteiger partial charge in [-0.15, -0.1) is 10.2 Å². The molecule has 15 heteroatoms. The zero-order valence-electron chi connectivity index (χ0n) is 29.1. The van der Waals surface area contributed by atoms with E-state index in [0.29, 0.717) is 43.6 Å². The van der Waals surface area contributed by atoms with Crippen molar-refractivity contribution < 1.29 is 14.3 Å². The summed E-state index contributed by atoms with van der Waals surface area (Å²) in [5, 5.41) is 31.5. The van der Waals surface area contributed by atoms with Gasteiger partial charge in [-0.1, -0.05) is 11.3 Å². The number of piperazine rings is 1. The number of ether oxygens (including phenoxy) is 1. The van der Waals surface area contributed by atoms with Gasteiger partial charge in [0.1, 0.15) is 11.7 Å². The van der Waals surface area contributed by atoms with Gasteiger partial charge < -0.3 is 30.1 Å². The first kappa shape index (κ1) is 33.5. The van der Waals surface area contributed by atoms with E-state index in [1.165, 1.54) is 0 Å². The molecular formula is C35H43N11O3S. The second-order valence-corrected chi connectivity index (χ2v) is 15.6. The minimum Gasteiger partial charge on any atom is -0.444 e. The summed E-state index contributed by atoms with van der Waals surface area (Å²) in [5.74, 6) is 0.642. The van der Waals surface area contributed by atoms with Crippen LogP contribution in [-0.2, 0) is 4.74 Å². The summed E-state index contributed by atoms with van der Waals surface area (Å²) in [6, 6.07) is 10.1. The first-order chi connectivity index (χ1) is 24.0. The first-order valence-corrected chi connectivity index (χ1v) is 18.0. The van der Waals surface area contributed by atoms with E-state index in [2.05, 4.69) is 50.7 Å². The van der Waals surface area contributed by atoms with Crippen molar-refractivity contribution in [2.45, 2.75) is 65.1 Å². The molecule has 0 radical (unpaired) electrons. The highest BCUT2D eigenvalue weighted by Gasteiger charge is 2.44. The van der Waals surface area contributed by atoms with Crippen LogP contribution < -0.4 is 15.5 Å². The molecule has 7 rings (SSSR count). The average molecular weight is 698 g/mol. The molecule has 3 amide bonds. The van der Waals surface area contributed by atoms with E-state index in [1.54, 1.807) is 33.0 Å². The lowest BCUT2D eigenvalue weighted by atomic mass is 9.92. The normalized spacial score (nSPS) is 20.7. The molecule has 1 saturated carbocycles. The van der Waals surface area contributed by atoms with E-state index in [4.69, 9.17) is 9.72 Å². The average Bonchev–Trinajstić information content (AvgIpc) is 3.79. The van der Waals surface area contributed by atoms with Gasteiger partial charge in [0.25, 0.3) is 0 Å². The van der Waals surface area contributed by atoms with Crippen molar-refractivity contribution in [2.24, 2.45) is 11.8 Å². The molecule has 2 aliphatic heterocycles. The topological polar surface area (TPSA) is 157 Å². The Morgan fingerprint density at radius 2 is 1.74 bits per heavy atom. The Kier molecular flexibility index (Phi) is 8.98. The summed E-state index contributed by atoms with van der Waals surface area (Å²) in [6.45, 7) is 13.3. The maximum absolute atomic E-state index is 13.3. The van der Waals surface area contributed by atoms with Gasteiger partial charge in [0.2, 0.25) is 5.13 Å². The van der Waals surface area contributed by atoms with Crippen molar-refractivity contribution in [1.82, 2.24) is 39.9 Å². The lowest BCUT2D eigenvalue weighted by Gasteiger charge is -2.40. The Hall–Kier alpha value is -4.97. The Balaban J connectivity index is 1.01. The second-order valence-electron chi connectivity index (χ2n) is 14.6. The third kappa shape index (κ3) is 6.89. The number of piperidine rings is 1. The highest BCUT2D eigenvalue weighted by molar-refractivity contribution is 7.18. The number of amides is 3. The maximum Gasteiger partial charge on any atom is 0.410 e. The van der Waals surface area contributed by atoms with E-state index >= 15 is 0 Å². The highest BCUT2D eigenvalue weighted by atomic mass is 32.1. The number of anilines is 2. The summed E-state index contributed by atoms with van der Waals surface area (Å²) in [7, 11) is 0. The Labute approximate surface area is 295 Å².